The number of anilines is 1. The Bertz CT molecular complexity index is 1710. The molecule has 4 aromatic rings. The molecule has 0 heterocycles. The number of benzene rings is 4. The Hall–Kier alpha value is -3.74. The number of likely N-dealkylation sites (N-methyl/N-ethyl adjacent to an activating group) is 1. The number of rotatable bonds is 10. The maximum Gasteiger partial charge on any atom is 0.269 e. The molecule has 0 unspecified atom stereocenters. The molecular weight excluding hydrogens is 690 g/mol. The van der Waals surface area contributed by atoms with Crippen LogP contribution in [0.3, 0.4) is 0 Å². The van der Waals surface area contributed by atoms with E-state index in [9.17, 15) is 23.3 Å². The fourth-order valence-electron chi connectivity index (χ4n) is 4.42. The van der Waals surface area contributed by atoms with Gasteiger partial charge in [0.25, 0.3) is 15.7 Å². The SMILES string of the molecule is COc1cccc([C@@H](C(=O)N(C)S(=O)(=O)c2ccc(C)cc2)[C@H](Nc2ccc(Br)c(Br)c2)c2ccc([N+](=O)[O-])cc2)c1. The van der Waals surface area contributed by atoms with Gasteiger partial charge in [0.05, 0.1) is 28.9 Å². The molecule has 0 fully saturated rings. The number of non-ortho nitro benzene ring substituents is 1. The molecule has 9 nitrogen and oxygen atoms in total. The Labute approximate surface area is 261 Å². The highest BCUT2D eigenvalue weighted by Crippen LogP contribution is 2.39. The van der Waals surface area contributed by atoms with Gasteiger partial charge in [0.1, 0.15) is 5.75 Å². The maximum atomic E-state index is 14.4. The van der Waals surface area contributed by atoms with E-state index in [-0.39, 0.29) is 10.6 Å². The van der Waals surface area contributed by atoms with E-state index >= 15 is 0 Å². The second kappa shape index (κ2) is 13.1. The molecule has 0 saturated carbocycles. The third kappa shape index (κ3) is 6.83. The number of nitro groups is 1. The van der Waals surface area contributed by atoms with Gasteiger partial charge in [0.2, 0.25) is 5.91 Å². The summed E-state index contributed by atoms with van der Waals surface area (Å²) in [7, 11) is -1.50. The first-order chi connectivity index (χ1) is 19.9. The number of halogens is 2. The number of hydrogen-bond donors (Lipinski definition) is 1. The van der Waals surface area contributed by atoms with Crippen LogP contribution in [0.4, 0.5) is 11.4 Å². The van der Waals surface area contributed by atoms with Crippen LogP contribution in [0.25, 0.3) is 0 Å². The first-order valence-electron chi connectivity index (χ1n) is 12.6. The van der Waals surface area contributed by atoms with Gasteiger partial charge in [0.15, 0.2) is 0 Å². The number of hydrogen-bond acceptors (Lipinski definition) is 7. The number of nitrogens with one attached hydrogen (secondary N) is 1. The van der Waals surface area contributed by atoms with Crippen molar-refractivity contribution < 1.29 is 22.9 Å². The fraction of sp³-hybridized carbons (Fsp3) is 0.167. The molecule has 1 amide bonds. The first kappa shape index (κ1) is 31.2. The second-order valence-electron chi connectivity index (χ2n) is 9.48. The lowest BCUT2D eigenvalue weighted by atomic mass is 9.85. The molecule has 0 aliphatic rings. The van der Waals surface area contributed by atoms with E-state index in [1.165, 1.54) is 38.4 Å². The number of carbonyl (C=O) groups excluding carboxylic acids is 1. The minimum absolute atomic E-state index is 0.0231. The second-order valence-corrected chi connectivity index (χ2v) is 13.2. The lowest BCUT2D eigenvalue weighted by Crippen LogP contribution is -2.40. The van der Waals surface area contributed by atoms with Crippen molar-refractivity contribution in [3.05, 3.63) is 127 Å². The molecular formula is C30H27Br2N3O6S. The van der Waals surface area contributed by atoms with Crippen LogP contribution in [0.2, 0.25) is 0 Å². The third-order valence-corrected chi connectivity index (χ3v) is 10.4. The summed E-state index contributed by atoms with van der Waals surface area (Å²) in [6.45, 7) is 1.84. The Morgan fingerprint density at radius 1 is 0.929 bits per heavy atom. The van der Waals surface area contributed by atoms with E-state index in [0.717, 1.165) is 18.8 Å². The summed E-state index contributed by atoms with van der Waals surface area (Å²) in [5.74, 6) is -1.34. The zero-order chi connectivity index (χ0) is 30.6. The number of amides is 1. The number of carbonyl (C=O) groups is 1. The van der Waals surface area contributed by atoms with Crippen molar-refractivity contribution in [2.45, 2.75) is 23.8 Å². The molecule has 0 aliphatic carbocycles. The van der Waals surface area contributed by atoms with Crippen LogP contribution in [0, 0.1) is 17.0 Å². The molecule has 42 heavy (non-hydrogen) atoms. The van der Waals surface area contributed by atoms with Crippen LogP contribution in [-0.4, -0.2) is 37.7 Å². The number of nitro benzene ring substituents is 1. The van der Waals surface area contributed by atoms with E-state index < -0.39 is 32.8 Å². The van der Waals surface area contributed by atoms with E-state index in [2.05, 4.69) is 37.2 Å². The van der Waals surface area contributed by atoms with Gasteiger partial charge in [-0.1, -0.05) is 42.0 Å². The number of aryl methyl sites for hydroxylation is 1. The Morgan fingerprint density at radius 2 is 1.60 bits per heavy atom. The summed E-state index contributed by atoms with van der Waals surface area (Å²) in [6.07, 6.45) is 0. The van der Waals surface area contributed by atoms with Crippen LogP contribution in [0.1, 0.15) is 28.7 Å². The van der Waals surface area contributed by atoms with E-state index in [4.69, 9.17) is 4.74 Å². The summed E-state index contributed by atoms with van der Waals surface area (Å²) >= 11 is 6.95. The highest BCUT2D eigenvalue weighted by Gasteiger charge is 2.38. The molecule has 12 heteroatoms. The van der Waals surface area contributed by atoms with Crippen LogP contribution in [0.5, 0.6) is 5.75 Å². The highest BCUT2D eigenvalue weighted by molar-refractivity contribution is 9.13. The highest BCUT2D eigenvalue weighted by atomic mass is 79.9. The Kier molecular flexibility index (Phi) is 9.70. The number of nitrogens with zero attached hydrogens (tertiary/aromatic N) is 2. The van der Waals surface area contributed by atoms with Gasteiger partial charge >= 0.3 is 0 Å². The van der Waals surface area contributed by atoms with Gasteiger partial charge in [-0.2, -0.15) is 0 Å². The smallest absolute Gasteiger partial charge is 0.269 e. The fourth-order valence-corrected chi connectivity index (χ4v) is 6.20. The molecule has 0 spiro atoms. The summed E-state index contributed by atoms with van der Waals surface area (Å²) in [5, 5.41) is 14.7. The predicted octanol–water partition coefficient (Wildman–Crippen LogP) is 7.22. The topological polar surface area (TPSA) is 119 Å². The van der Waals surface area contributed by atoms with Gasteiger partial charge in [-0.05, 0) is 92.4 Å². The molecule has 0 saturated heterocycles. The summed E-state index contributed by atoms with van der Waals surface area (Å²) in [6, 6.07) is 23.4. The summed E-state index contributed by atoms with van der Waals surface area (Å²) in [4.78, 5) is 25.2. The van der Waals surface area contributed by atoms with Gasteiger partial charge in [-0.15, -0.1) is 0 Å². The van der Waals surface area contributed by atoms with Gasteiger partial charge in [0, 0.05) is 33.8 Å². The number of ether oxygens (including phenoxy) is 1. The number of sulfonamides is 1. The molecule has 2 atom stereocenters. The third-order valence-electron chi connectivity index (χ3n) is 6.75. The summed E-state index contributed by atoms with van der Waals surface area (Å²) < 4.78 is 35.0. The molecule has 1 N–H and O–H groups in total. The van der Waals surface area contributed by atoms with Crippen molar-refractivity contribution in [3.63, 3.8) is 0 Å². The molecule has 4 rings (SSSR count). The van der Waals surface area contributed by atoms with Crippen molar-refractivity contribution >= 4 is 59.2 Å². The normalized spacial score (nSPS) is 12.7. The van der Waals surface area contributed by atoms with Crippen molar-refractivity contribution in [2.24, 2.45) is 0 Å². The molecule has 0 aromatic heterocycles. The maximum absolute atomic E-state index is 14.4. The van der Waals surface area contributed by atoms with E-state index in [1.807, 2.05) is 19.1 Å². The molecule has 0 bridgehead atoms. The zero-order valence-electron chi connectivity index (χ0n) is 22.8. The lowest BCUT2D eigenvalue weighted by molar-refractivity contribution is -0.384. The van der Waals surface area contributed by atoms with Crippen LogP contribution < -0.4 is 10.1 Å². The quantitative estimate of drug-likeness (QED) is 0.136. The molecule has 0 radical (unpaired) electrons. The molecule has 218 valence electrons. The van der Waals surface area contributed by atoms with Gasteiger partial charge in [-0.3, -0.25) is 14.9 Å². The van der Waals surface area contributed by atoms with Crippen molar-refractivity contribution in [2.75, 3.05) is 19.5 Å². The van der Waals surface area contributed by atoms with Crippen molar-refractivity contribution in [1.82, 2.24) is 4.31 Å². The van der Waals surface area contributed by atoms with Crippen LogP contribution >= 0.6 is 31.9 Å². The minimum Gasteiger partial charge on any atom is -0.497 e. The average Bonchev–Trinajstić information content (AvgIpc) is 2.98. The van der Waals surface area contributed by atoms with Crippen LogP contribution in [0.15, 0.2) is 105 Å². The molecule has 0 aliphatic heterocycles. The van der Waals surface area contributed by atoms with E-state index in [0.29, 0.717) is 22.6 Å². The van der Waals surface area contributed by atoms with Crippen LogP contribution in [-0.2, 0) is 14.8 Å². The van der Waals surface area contributed by atoms with Gasteiger partial charge < -0.3 is 10.1 Å². The van der Waals surface area contributed by atoms with Crippen molar-refractivity contribution in [3.8, 4) is 5.75 Å². The molecule has 4 aromatic carbocycles. The predicted molar refractivity (Wildman–Crippen MR) is 168 cm³/mol. The minimum atomic E-state index is -4.22. The average molecular weight is 717 g/mol. The summed E-state index contributed by atoms with van der Waals surface area (Å²) in [5.41, 5.74) is 2.39. The number of methoxy groups -OCH3 is 1. The largest absolute Gasteiger partial charge is 0.497 e. The monoisotopic (exact) mass is 715 g/mol. The Balaban J connectivity index is 1.89. The van der Waals surface area contributed by atoms with E-state index in [1.54, 1.807) is 54.6 Å². The Morgan fingerprint density at radius 3 is 2.19 bits per heavy atom. The van der Waals surface area contributed by atoms with Crippen molar-refractivity contribution in [1.29, 1.82) is 0 Å². The standard InChI is InChI=1S/C30H27Br2N3O6S/c1-19-7-14-25(15-8-19)42(39,40)34(2)30(36)28(21-5-4-6-24(17-21)41-3)29(20-9-12-23(13-10-20)35(37)38)33-22-11-16-26(31)27(32)18-22/h4-18,28-29,33H,1-3H3/t28-,29-/m1/s1. The first-order valence-corrected chi connectivity index (χ1v) is 15.6. The zero-order valence-corrected chi connectivity index (χ0v) is 26.8. The van der Waals surface area contributed by atoms with Gasteiger partial charge in [-0.25, -0.2) is 12.7 Å². The lowest BCUT2D eigenvalue weighted by Gasteiger charge is -2.32.